The van der Waals surface area contributed by atoms with Gasteiger partial charge in [0.05, 0.1) is 5.94 Å². The monoisotopic (exact) mass is 418 g/mol. The fourth-order valence-corrected chi connectivity index (χ4v) is 3.27. The van der Waals surface area contributed by atoms with Crippen molar-refractivity contribution in [1.82, 2.24) is 10.3 Å². The second-order valence-electron chi connectivity index (χ2n) is 6.45. The number of fused-ring (bicyclic) bond motifs is 1. The maximum Gasteiger partial charge on any atom is 0.547 e. The number of aliphatic carboxylic acids is 1. The average molecular weight is 418 g/mol. The molecule has 0 aliphatic carbocycles. The number of thiazole rings is 1. The normalized spacial score (nSPS) is 17.1. The number of aryl methyl sites for hydroxylation is 1. The average Bonchev–Trinajstić information content (AvgIpc) is 3.09. The number of carboxylic acid groups (broad SMARTS) is 1. The molecule has 29 heavy (non-hydrogen) atoms. The first-order valence-electron chi connectivity index (χ1n) is 8.68. The lowest BCUT2D eigenvalue weighted by atomic mass is 9.72. The predicted molar refractivity (Wildman–Crippen MR) is 107 cm³/mol. The summed E-state index contributed by atoms with van der Waals surface area (Å²) in [6, 6.07) is 5.57. The van der Waals surface area contributed by atoms with Crippen LogP contribution in [0.1, 0.15) is 23.7 Å². The summed E-state index contributed by atoms with van der Waals surface area (Å²) in [7, 11) is -1.27. The Morgan fingerprint density at radius 1 is 1.52 bits per heavy atom. The molecular formula is C17H19BN4O6S. The van der Waals surface area contributed by atoms with Crippen LogP contribution >= 0.6 is 11.3 Å². The van der Waals surface area contributed by atoms with Crippen LogP contribution in [0.4, 0.5) is 5.13 Å². The van der Waals surface area contributed by atoms with Crippen LogP contribution in [-0.2, 0) is 20.8 Å². The summed E-state index contributed by atoms with van der Waals surface area (Å²) in [4.78, 5) is 32.7. The van der Waals surface area contributed by atoms with E-state index >= 15 is 0 Å². The highest BCUT2D eigenvalue weighted by Gasteiger charge is 2.37. The molecule has 5 N–H and O–H groups in total. The highest BCUT2D eigenvalue weighted by Crippen LogP contribution is 2.29. The third kappa shape index (κ3) is 4.66. The molecule has 0 saturated carbocycles. The van der Waals surface area contributed by atoms with Crippen molar-refractivity contribution in [3.63, 3.8) is 0 Å². The molecule has 2 heterocycles. The number of amides is 1. The van der Waals surface area contributed by atoms with Gasteiger partial charge < -0.3 is 30.7 Å². The van der Waals surface area contributed by atoms with Gasteiger partial charge in [-0.05, 0) is 31.4 Å². The summed E-state index contributed by atoms with van der Waals surface area (Å²) in [5.74, 6) is -2.12. The highest BCUT2D eigenvalue weighted by molar-refractivity contribution is 7.13. The van der Waals surface area contributed by atoms with Crippen LogP contribution in [0.15, 0.2) is 28.7 Å². The van der Waals surface area contributed by atoms with Crippen molar-refractivity contribution < 1.29 is 29.2 Å². The number of nitrogens with zero attached hydrogens (tertiary/aromatic N) is 2. The van der Waals surface area contributed by atoms with Gasteiger partial charge in [-0.15, -0.1) is 11.3 Å². The summed E-state index contributed by atoms with van der Waals surface area (Å²) in [5, 5.41) is 27.3. The molecule has 12 heteroatoms. The maximum atomic E-state index is 12.8. The van der Waals surface area contributed by atoms with E-state index in [0.29, 0.717) is 12.2 Å². The van der Waals surface area contributed by atoms with E-state index in [0.717, 1.165) is 22.5 Å². The number of hydrogen-bond acceptors (Lipinski definition) is 9. The van der Waals surface area contributed by atoms with Crippen molar-refractivity contribution >= 4 is 41.2 Å². The third-order valence-corrected chi connectivity index (χ3v) is 4.94. The van der Waals surface area contributed by atoms with E-state index in [-0.39, 0.29) is 16.5 Å². The molecule has 1 aromatic heterocycles. The molecule has 1 aromatic carbocycles. The summed E-state index contributed by atoms with van der Waals surface area (Å²) < 4.78 is 5.55. The minimum atomic E-state index is -1.27. The van der Waals surface area contributed by atoms with E-state index in [1.54, 1.807) is 0 Å². The molecule has 0 spiro atoms. The molecule has 1 amide bonds. The lowest BCUT2D eigenvalue weighted by molar-refractivity contribution is -0.149. The number of para-hydroxylation sites is 1. The van der Waals surface area contributed by atoms with Gasteiger partial charge in [-0.3, -0.25) is 4.79 Å². The lowest BCUT2D eigenvalue weighted by Gasteiger charge is -2.29. The number of nitrogens with one attached hydrogen (secondary N) is 1. The fraction of sp³-hybridized carbons (Fsp3) is 0.294. The first-order chi connectivity index (χ1) is 13.8. The van der Waals surface area contributed by atoms with Crippen molar-refractivity contribution in [1.29, 1.82) is 0 Å². The number of oxime groups is 1. The molecule has 152 valence electrons. The summed E-state index contributed by atoms with van der Waals surface area (Å²) in [5.41, 5.74) is 7.21. The molecule has 1 aliphatic heterocycles. The number of nitrogens with two attached hydrogens (primary N) is 1. The number of benzene rings is 1. The first kappa shape index (κ1) is 20.6. The topological polar surface area (TPSA) is 156 Å². The van der Waals surface area contributed by atoms with Gasteiger partial charge >= 0.3 is 13.1 Å². The molecule has 1 aliphatic rings. The van der Waals surface area contributed by atoms with Crippen LogP contribution < -0.4 is 15.7 Å². The van der Waals surface area contributed by atoms with Crippen molar-refractivity contribution in [2.24, 2.45) is 5.16 Å². The number of carbonyl (C=O) groups excluding carboxylic acids is 1. The van der Waals surface area contributed by atoms with E-state index in [2.05, 4.69) is 15.5 Å². The minimum Gasteiger partial charge on any atom is -0.534 e. The predicted octanol–water partition coefficient (Wildman–Crippen LogP) is 0.367. The highest BCUT2D eigenvalue weighted by atomic mass is 32.1. The Hall–Kier alpha value is -3.12. The van der Waals surface area contributed by atoms with Crippen molar-refractivity contribution in [2.75, 3.05) is 5.73 Å². The number of aromatic nitrogens is 1. The van der Waals surface area contributed by atoms with Gasteiger partial charge in [0.1, 0.15) is 11.4 Å². The first-order valence-corrected chi connectivity index (χ1v) is 9.56. The van der Waals surface area contributed by atoms with Gasteiger partial charge in [-0.2, -0.15) is 0 Å². The van der Waals surface area contributed by atoms with E-state index in [4.69, 9.17) is 20.3 Å². The summed E-state index contributed by atoms with van der Waals surface area (Å²) >= 11 is 1.09. The van der Waals surface area contributed by atoms with E-state index in [1.165, 1.54) is 12.3 Å². The maximum absolute atomic E-state index is 12.8. The molecule has 10 nitrogen and oxygen atoms in total. The van der Waals surface area contributed by atoms with Gasteiger partial charge in [-0.1, -0.05) is 23.4 Å². The molecule has 2 aromatic rings. The Labute approximate surface area is 170 Å². The molecule has 3 rings (SSSR count). The van der Waals surface area contributed by atoms with Crippen LogP contribution in [-0.4, -0.2) is 51.9 Å². The second kappa shape index (κ2) is 8.49. The fourth-order valence-electron chi connectivity index (χ4n) is 2.72. The number of rotatable bonds is 6. The minimum absolute atomic E-state index is 0.130. The van der Waals surface area contributed by atoms with Crippen molar-refractivity contribution in [3.8, 4) is 5.75 Å². The van der Waals surface area contributed by atoms with Gasteiger partial charge in [0.25, 0.3) is 5.91 Å². The quantitative estimate of drug-likeness (QED) is 0.298. The van der Waals surface area contributed by atoms with E-state index < -0.39 is 31.0 Å². The Morgan fingerprint density at radius 3 is 2.93 bits per heavy atom. The summed E-state index contributed by atoms with van der Waals surface area (Å²) in [6.45, 7) is 3.14. The van der Waals surface area contributed by atoms with Gasteiger partial charge in [0.15, 0.2) is 10.8 Å². The zero-order valence-corrected chi connectivity index (χ0v) is 16.5. The Kier molecular flexibility index (Phi) is 6.04. The Balaban J connectivity index is 1.81. The number of anilines is 1. The number of nitrogen functional groups attached to an aromatic ring is 1. The zero-order chi connectivity index (χ0) is 21.1. The van der Waals surface area contributed by atoms with Gasteiger partial charge in [-0.25, -0.2) is 9.78 Å². The Bertz CT molecular complexity index is 965. The zero-order valence-electron chi connectivity index (χ0n) is 15.7. The van der Waals surface area contributed by atoms with Crippen LogP contribution in [0, 0.1) is 6.92 Å². The van der Waals surface area contributed by atoms with Crippen LogP contribution in [0.5, 0.6) is 5.75 Å². The Morgan fingerprint density at radius 2 is 2.28 bits per heavy atom. The third-order valence-electron chi connectivity index (χ3n) is 4.26. The molecule has 1 unspecified atom stereocenters. The standard InChI is InChI=1S/C17H19BN4O6S/c1-8-4-3-5-10-6-12(18(26)27-14(8)10)21-15(23)13(11-7-29-17(19)20-11)22-28-9(2)16(24)25/h3-5,7,9,12,26H,6H2,1-2H3,(H2,19,20)(H,21,23)(H,24,25)/b22-13-/t9?,12-/m0/s1. The molecule has 0 saturated heterocycles. The van der Waals surface area contributed by atoms with Crippen LogP contribution in [0.25, 0.3) is 0 Å². The second-order valence-corrected chi connectivity index (χ2v) is 7.34. The van der Waals surface area contributed by atoms with Crippen LogP contribution in [0.2, 0.25) is 0 Å². The molecule has 2 atom stereocenters. The van der Waals surface area contributed by atoms with Crippen molar-refractivity contribution in [2.45, 2.75) is 32.3 Å². The lowest BCUT2D eigenvalue weighted by Crippen LogP contribution is -2.54. The SMILES string of the molecule is Cc1cccc2c1OB(O)[C@@H](NC(=O)/C(=N\OC(C)C(=O)O)c1csc(N)n1)C2. The molecular weight excluding hydrogens is 399 g/mol. The van der Waals surface area contributed by atoms with E-state index in [1.807, 2.05) is 25.1 Å². The number of carbonyl (C=O) groups is 2. The van der Waals surface area contributed by atoms with Gasteiger partial charge in [0, 0.05) is 5.38 Å². The largest absolute Gasteiger partial charge is 0.547 e. The smallest absolute Gasteiger partial charge is 0.534 e. The summed E-state index contributed by atoms with van der Waals surface area (Å²) in [6.07, 6.45) is -0.935. The molecule has 0 radical (unpaired) electrons. The number of hydrogen-bond donors (Lipinski definition) is 4. The van der Waals surface area contributed by atoms with Crippen LogP contribution in [0.3, 0.4) is 0 Å². The molecule has 0 bridgehead atoms. The van der Waals surface area contributed by atoms with E-state index in [9.17, 15) is 14.6 Å². The van der Waals surface area contributed by atoms with Crippen molar-refractivity contribution in [3.05, 3.63) is 40.4 Å². The van der Waals surface area contributed by atoms with Gasteiger partial charge in [0.2, 0.25) is 6.10 Å². The molecule has 0 fully saturated rings. The number of carboxylic acids is 1.